The van der Waals surface area contributed by atoms with Crippen LogP contribution in [0.2, 0.25) is 0 Å². The summed E-state index contributed by atoms with van der Waals surface area (Å²) in [4.78, 5) is 17.0. The van der Waals surface area contributed by atoms with Crippen LogP contribution in [0.1, 0.15) is 11.3 Å². The van der Waals surface area contributed by atoms with E-state index in [9.17, 15) is 4.79 Å². The first kappa shape index (κ1) is 14.2. The van der Waals surface area contributed by atoms with Crippen LogP contribution >= 0.6 is 0 Å². The molecule has 2 heterocycles. The van der Waals surface area contributed by atoms with Gasteiger partial charge in [0.05, 0.1) is 0 Å². The molecule has 0 bridgehead atoms. The normalized spacial score (nSPS) is 17.8. The minimum Gasteiger partial charge on any atom is -0.326 e. The van der Waals surface area contributed by atoms with Crippen molar-refractivity contribution in [2.75, 3.05) is 39.8 Å². The van der Waals surface area contributed by atoms with Crippen LogP contribution in [-0.4, -0.2) is 54.1 Å². The summed E-state index contributed by atoms with van der Waals surface area (Å²) in [5, 5.41) is 0. The van der Waals surface area contributed by atoms with Gasteiger partial charge in [-0.15, -0.1) is 0 Å². The van der Waals surface area contributed by atoms with Crippen molar-refractivity contribution >= 4 is 0 Å². The third-order valence-corrected chi connectivity index (χ3v) is 3.93. The van der Waals surface area contributed by atoms with E-state index < -0.39 is 0 Å². The van der Waals surface area contributed by atoms with E-state index >= 15 is 0 Å². The molecule has 0 radical (unpaired) electrons. The Morgan fingerprint density at radius 2 is 1.84 bits per heavy atom. The highest BCUT2D eigenvalue weighted by Gasteiger charge is 2.14. The van der Waals surface area contributed by atoms with E-state index in [2.05, 4.69) is 16.8 Å². The Balaban J connectivity index is 2.01. The molecule has 0 aromatic carbocycles. The van der Waals surface area contributed by atoms with Gasteiger partial charge in [0.25, 0.3) is 5.56 Å². The Kier molecular flexibility index (Phi) is 4.74. The van der Waals surface area contributed by atoms with Gasteiger partial charge in [0.2, 0.25) is 0 Å². The zero-order chi connectivity index (χ0) is 13.8. The lowest BCUT2D eigenvalue weighted by Gasteiger charge is -2.32. The first-order chi connectivity index (χ1) is 9.11. The highest BCUT2D eigenvalue weighted by molar-refractivity contribution is 5.15. The number of likely N-dealkylation sites (N-methyl/N-ethyl adjacent to an activating group) is 1. The lowest BCUT2D eigenvalue weighted by Crippen LogP contribution is -2.46. The van der Waals surface area contributed by atoms with Crippen LogP contribution in [0.15, 0.2) is 16.9 Å². The van der Waals surface area contributed by atoms with Gasteiger partial charge in [0.15, 0.2) is 0 Å². The summed E-state index contributed by atoms with van der Waals surface area (Å²) in [6, 6.07) is 3.82. The molecular weight excluding hydrogens is 240 g/mol. The van der Waals surface area contributed by atoms with Gasteiger partial charge < -0.3 is 15.2 Å². The fraction of sp³-hybridized carbons (Fsp3) is 0.643. The first-order valence-corrected chi connectivity index (χ1v) is 6.92. The van der Waals surface area contributed by atoms with Crippen LogP contribution in [0.5, 0.6) is 0 Å². The number of hydrogen-bond donors (Lipinski definition) is 1. The molecular formula is C14H24N4O. The summed E-state index contributed by atoms with van der Waals surface area (Å²) in [6.07, 6.45) is 0. The van der Waals surface area contributed by atoms with Crippen molar-refractivity contribution in [2.45, 2.75) is 20.0 Å². The Bertz CT molecular complexity index is 475. The van der Waals surface area contributed by atoms with Crippen molar-refractivity contribution in [3.63, 3.8) is 0 Å². The molecule has 0 aliphatic carbocycles. The molecule has 0 atom stereocenters. The van der Waals surface area contributed by atoms with Crippen molar-refractivity contribution in [3.05, 3.63) is 33.7 Å². The third-order valence-electron chi connectivity index (χ3n) is 3.93. The maximum atomic E-state index is 12.2. The lowest BCUT2D eigenvalue weighted by atomic mass is 10.2. The highest BCUT2D eigenvalue weighted by atomic mass is 16.1. The average molecular weight is 264 g/mol. The van der Waals surface area contributed by atoms with Crippen LogP contribution in [0.3, 0.4) is 0 Å². The molecule has 1 aliphatic heterocycles. The smallest absolute Gasteiger partial charge is 0.255 e. The van der Waals surface area contributed by atoms with Gasteiger partial charge in [-0.3, -0.25) is 9.69 Å². The number of nitrogens with two attached hydrogens (primary N) is 1. The molecule has 1 aromatic rings. The average Bonchev–Trinajstić information content (AvgIpc) is 2.41. The third kappa shape index (κ3) is 3.43. The molecule has 0 saturated carbocycles. The van der Waals surface area contributed by atoms with E-state index in [4.69, 9.17) is 5.73 Å². The van der Waals surface area contributed by atoms with Gasteiger partial charge in [0.1, 0.15) is 0 Å². The molecule has 0 unspecified atom stereocenters. The summed E-state index contributed by atoms with van der Waals surface area (Å²) in [5.41, 5.74) is 7.37. The Morgan fingerprint density at radius 3 is 2.47 bits per heavy atom. The molecule has 106 valence electrons. The minimum atomic E-state index is 0.0663. The van der Waals surface area contributed by atoms with E-state index in [0.29, 0.717) is 12.1 Å². The topological polar surface area (TPSA) is 54.5 Å². The molecule has 2 rings (SSSR count). The van der Waals surface area contributed by atoms with Gasteiger partial charge in [-0.2, -0.15) is 0 Å². The van der Waals surface area contributed by atoms with E-state index in [-0.39, 0.29) is 5.56 Å². The quantitative estimate of drug-likeness (QED) is 0.822. The van der Waals surface area contributed by atoms with Gasteiger partial charge in [-0.05, 0) is 20.0 Å². The number of piperazine rings is 1. The standard InChI is InChI=1S/C14H24N4O/c1-12-3-4-13(11-15)14(19)18(12)10-9-17-7-5-16(2)6-8-17/h3-4H,5-11,15H2,1-2H3. The Hall–Kier alpha value is -1.17. The van der Waals surface area contributed by atoms with Gasteiger partial charge >= 0.3 is 0 Å². The molecule has 1 fully saturated rings. The summed E-state index contributed by atoms with van der Waals surface area (Å²) < 4.78 is 1.85. The van der Waals surface area contributed by atoms with Gasteiger partial charge in [-0.1, -0.05) is 6.07 Å². The van der Waals surface area contributed by atoms with Gasteiger partial charge in [-0.25, -0.2) is 0 Å². The van der Waals surface area contributed by atoms with Crippen LogP contribution in [0.25, 0.3) is 0 Å². The van der Waals surface area contributed by atoms with Crippen LogP contribution in [0, 0.1) is 6.92 Å². The maximum Gasteiger partial charge on any atom is 0.255 e. The predicted octanol–water partition coefficient (Wildman–Crippen LogP) is -0.137. The van der Waals surface area contributed by atoms with Crippen molar-refractivity contribution in [1.29, 1.82) is 0 Å². The minimum absolute atomic E-state index is 0.0663. The first-order valence-electron chi connectivity index (χ1n) is 6.92. The van der Waals surface area contributed by atoms with Gasteiger partial charge in [0, 0.05) is 57.1 Å². The van der Waals surface area contributed by atoms with Crippen molar-refractivity contribution in [2.24, 2.45) is 5.73 Å². The highest BCUT2D eigenvalue weighted by Crippen LogP contribution is 2.02. The molecule has 1 saturated heterocycles. The van der Waals surface area contributed by atoms with E-state index in [0.717, 1.165) is 45.0 Å². The summed E-state index contributed by atoms with van der Waals surface area (Å²) in [7, 11) is 2.15. The molecule has 5 heteroatoms. The van der Waals surface area contributed by atoms with Crippen LogP contribution < -0.4 is 11.3 Å². The number of nitrogens with zero attached hydrogens (tertiary/aromatic N) is 3. The Labute approximate surface area is 114 Å². The second-order valence-electron chi connectivity index (χ2n) is 5.31. The van der Waals surface area contributed by atoms with E-state index in [1.165, 1.54) is 0 Å². The number of aromatic nitrogens is 1. The zero-order valence-corrected chi connectivity index (χ0v) is 11.9. The van der Waals surface area contributed by atoms with Crippen molar-refractivity contribution < 1.29 is 0 Å². The number of hydrogen-bond acceptors (Lipinski definition) is 4. The molecule has 1 aliphatic rings. The van der Waals surface area contributed by atoms with Crippen LogP contribution in [0.4, 0.5) is 0 Å². The van der Waals surface area contributed by atoms with E-state index in [1.807, 2.05) is 23.6 Å². The zero-order valence-electron chi connectivity index (χ0n) is 11.9. The van der Waals surface area contributed by atoms with E-state index in [1.54, 1.807) is 0 Å². The number of aryl methyl sites for hydroxylation is 1. The lowest BCUT2D eigenvalue weighted by molar-refractivity contribution is 0.149. The summed E-state index contributed by atoms with van der Waals surface area (Å²) >= 11 is 0. The largest absolute Gasteiger partial charge is 0.326 e. The molecule has 2 N–H and O–H groups in total. The fourth-order valence-corrected chi connectivity index (χ4v) is 2.46. The van der Waals surface area contributed by atoms with Crippen molar-refractivity contribution in [3.8, 4) is 0 Å². The van der Waals surface area contributed by atoms with Crippen molar-refractivity contribution in [1.82, 2.24) is 14.4 Å². The second kappa shape index (κ2) is 6.32. The predicted molar refractivity (Wildman–Crippen MR) is 77.3 cm³/mol. The molecule has 0 amide bonds. The maximum absolute atomic E-state index is 12.2. The summed E-state index contributed by atoms with van der Waals surface area (Å²) in [6.45, 7) is 8.36. The number of pyridine rings is 1. The second-order valence-corrected chi connectivity index (χ2v) is 5.31. The fourth-order valence-electron chi connectivity index (χ4n) is 2.46. The molecule has 0 spiro atoms. The molecule has 19 heavy (non-hydrogen) atoms. The Morgan fingerprint density at radius 1 is 1.16 bits per heavy atom. The molecule has 1 aromatic heterocycles. The molecule has 5 nitrogen and oxygen atoms in total. The number of rotatable bonds is 4. The monoisotopic (exact) mass is 264 g/mol. The summed E-state index contributed by atoms with van der Waals surface area (Å²) in [5.74, 6) is 0. The van der Waals surface area contributed by atoms with Crippen LogP contribution in [-0.2, 0) is 13.1 Å². The SMILES string of the molecule is Cc1ccc(CN)c(=O)n1CCN1CCN(C)CC1.